The molecule has 0 aliphatic rings. The number of aromatic carboxylic acids is 1. The normalized spacial score (nSPS) is 12.3. The summed E-state index contributed by atoms with van der Waals surface area (Å²) in [5.74, 6) is -1.47. The zero-order valence-corrected chi connectivity index (χ0v) is 10.7. The molecule has 1 amide bonds. The number of amides is 1. The summed E-state index contributed by atoms with van der Waals surface area (Å²) in [5.41, 5.74) is 6.86. The molecule has 5 heteroatoms. The van der Waals surface area contributed by atoms with Gasteiger partial charge in [-0.05, 0) is 25.0 Å². The van der Waals surface area contributed by atoms with E-state index in [0.717, 1.165) is 5.56 Å². The molecule has 4 N–H and O–H groups in total. The summed E-state index contributed by atoms with van der Waals surface area (Å²) >= 11 is 0. The van der Waals surface area contributed by atoms with E-state index < -0.39 is 12.0 Å². The van der Waals surface area contributed by atoms with Crippen LogP contribution in [0.2, 0.25) is 0 Å². The van der Waals surface area contributed by atoms with Gasteiger partial charge in [0.15, 0.2) is 0 Å². The maximum Gasteiger partial charge on any atom is 0.337 e. The maximum absolute atomic E-state index is 11.8. The van der Waals surface area contributed by atoms with Crippen LogP contribution in [-0.4, -0.2) is 23.0 Å². The minimum Gasteiger partial charge on any atom is -0.478 e. The Morgan fingerprint density at radius 2 is 1.94 bits per heavy atom. The van der Waals surface area contributed by atoms with Gasteiger partial charge in [0.05, 0.1) is 17.3 Å². The summed E-state index contributed by atoms with van der Waals surface area (Å²) in [6.07, 6.45) is 0. The van der Waals surface area contributed by atoms with E-state index in [1.807, 2.05) is 13.8 Å². The molecule has 0 aliphatic heterocycles. The molecule has 1 atom stereocenters. The molecule has 18 heavy (non-hydrogen) atoms. The molecule has 0 heterocycles. The zero-order valence-electron chi connectivity index (χ0n) is 10.7. The number of anilines is 1. The van der Waals surface area contributed by atoms with Crippen LogP contribution in [-0.2, 0) is 4.79 Å². The average Bonchev–Trinajstić information content (AvgIpc) is 2.29. The van der Waals surface area contributed by atoms with Crippen LogP contribution in [0.15, 0.2) is 18.2 Å². The molecule has 0 aromatic heterocycles. The Hall–Kier alpha value is -1.88. The van der Waals surface area contributed by atoms with Gasteiger partial charge in [0.2, 0.25) is 5.91 Å². The fraction of sp³-hybridized carbons (Fsp3) is 0.385. The van der Waals surface area contributed by atoms with Crippen LogP contribution >= 0.6 is 0 Å². The Morgan fingerprint density at radius 3 is 2.44 bits per heavy atom. The number of rotatable bonds is 4. The van der Waals surface area contributed by atoms with Gasteiger partial charge in [0.25, 0.3) is 0 Å². The maximum atomic E-state index is 11.8. The molecule has 0 saturated heterocycles. The number of carbonyl (C=O) groups is 2. The average molecular weight is 250 g/mol. The van der Waals surface area contributed by atoms with Crippen LogP contribution < -0.4 is 11.1 Å². The number of nitrogens with two attached hydrogens (primary N) is 1. The fourth-order valence-corrected chi connectivity index (χ4v) is 1.46. The van der Waals surface area contributed by atoms with E-state index in [2.05, 4.69) is 5.32 Å². The lowest BCUT2D eigenvalue weighted by molar-refractivity contribution is -0.118. The second-order valence-corrected chi connectivity index (χ2v) is 4.61. The van der Waals surface area contributed by atoms with Crippen molar-refractivity contribution in [3.63, 3.8) is 0 Å². The zero-order chi connectivity index (χ0) is 13.9. The van der Waals surface area contributed by atoms with E-state index in [9.17, 15) is 9.59 Å². The summed E-state index contributed by atoms with van der Waals surface area (Å²) in [4.78, 5) is 22.9. The van der Waals surface area contributed by atoms with Crippen LogP contribution in [0, 0.1) is 12.8 Å². The summed E-state index contributed by atoms with van der Waals surface area (Å²) in [6, 6.07) is 4.17. The van der Waals surface area contributed by atoms with Crippen molar-refractivity contribution < 1.29 is 14.7 Å². The van der Waals surface area contributed by atoms with Gasteiger partial charge >= 0.3 is 5.97 Å². The smallest absolute Gasteiger partial charge is 0.337 e. The number of nitrogens with one attached hydrogen (secondary N) is 1. The molecule has 0 bridgehead atoms. The van der Waals surface area contributed by atoms with Crippen molar-refractivity contribution in [3.8, 4) is 0 Å². The third-order valence-corrected chi connectivity index (χ3v) is 2.68. The van der Waals surface area contributed by atoms with Gasteiger partial charge < -0.3 is 16.2 Å². The summed E-state index contributed by atoms with van der Waals surface area (Å²) in [7, 11) is 0. The Kier molecular flexibility index (Phi) is 4.44. The molecule has 0 unspecified atom stereocenters. The molecule has 0 radical (unpaired) electrons. The van der Waals surface area contributed by atoms with E-state index in [1.54, 1.807) is 19.1 Å². The summed E-state index contributed by atoms with van der Waals surface area (Å²) < 4.78 is 0. The van der Waals surface area contributed by atoms with E-state index in [1.165, 1.54) is 6.07 Å². The molecule has 0 spiro atoms. The van der Waals surface area contributed by atoms with Crippen LogP contribution in [0.3, 0.4) is 0 Å². The van der Waals surface area contributed by atoms with Crippen molar-refractivity contribution in [3.05, 3.63) is 29.3 Å². The lowest BCUT2D eigenvalue weighted by atomic mass is 10.0. The number of carboxylic acid groups (broad SMARTS) is 1. The predicted molar refractivity (Wildman–Crippen MR) is 69.6 cm³/mol. The van der Waals surface area contributed by atoms with Gasteiger partial charge in [0, 0.05) is 0 Å². The van der Waals surface area contributed by atoms with Gasteiger partial charge in [-0.2, -0.15) is 0 Å². The number of aryl methyl sites for hydroxylation is 1. The van der Waals surface area contributed by atoms with Gasteiger partial charge in [0.1, 0.15) is 0 Å². The van der Waals surface area contributed by atoms with Crippen LogP contribution in [0.25, 0.3) is 0 Å². The van der Waals surface area contributed by atoms with Gasteiger partial charge in [-0.15, -0.1) is 0 Å². The van der Waals surface area contributed by atoms with Crippen molar-refractivity contribution in [2.45, 2.75) is 26.8 Å². The Morgan fingerprint density at radius 1 is 1.33 bits per heavy atom. The van der Waals surface area contributed by atoms with Gasteiger partial charge in [-0.1, -0.05) is 25.5 Å². The number of hydrogen-bond acceptors (Lipinski definition) is 3. The number of carbonyl (C=O) groups excluding carboxylic acids is 1. The van der Waals surface area contributed by atoms with Crippen LogP contribution in [0.4, 0.5) is 5.69 Å². The summed E-state index contributed by atoms with van der Waals surface area (Å²) in [5, 5.41) is 11.6. The molecular weight excluding hydrogens is 232 g/mol. The summed E-state index contributed by atoms with van der Waals surface area (Å²) in [6.45, 7) is 5.45. The lowest BCUT2D eigenvalue weighted by Gasteiger charge is -2.16. The quantitative estimate of drug-likeness (QED) is 0.757. The number of benzene rings is 1. The molecule has 1 aromatic carbocycles. The predicted octanol–water partition coefficient (Wildman–Crippen LogP) is 1.62. The monoisotopic (exact) mass is 250 g/mol. The minimum atomic E-state index is -1.08. The van der Waals surface area contributed by atoms with Crippen molar-refractivity contribution in [1.29, 1.82) is 0 Å². The van der Waals surface area contributed by atoms with E-state index in [-0.39, 0.29) is 23.1 Å². The third kappa shape index (κ3) is 3.30. The Bertz CT molecular complexity index is 469. The van der Waals surface area contributed by atoms with Gasteiger partial charge in [-0.25, -0.2) is 4.79 Å². The Balaban J connectivity index is 2.98. The molecule has 1 aromatic rings. The molecular formula is C13H18N2O3. The van der Waals surface area contributed by atoms with E-state index in [0.29, 0.717) is 0 Å². The van der Waals surface area contributed by atoms with Crippen LogP contribution in [0.1, 0.15) is 29.8 Å². The van der Waals surface area contributed by atoms with E-state index >= 15 is 0 Å². The largest absolute Gasteiger partial charge is 0.478 e. The van der Waals surface area contributed by atoms with Crippen molar-refractivity contribution in [1.82, 2.24) is 0 Å². The highest BCUT2D eigenvalue weighted by Gasteiger charge is 2.19. The first-order valence-corrected chi connectivity index (χ1v) is 5.73. The molecule has 1 rings (SSSR count). The first-order valence-electron chi connectivity index (χ1n) is 5.73. The highest BCUT2D eigenvalue weighted by Crippen LogP contribution is 2.18. The molecule has 0 fully saturated rings. The molecule has 0 saturated carbocycles. The van der Waals surface area contributed by atoms with Gasteiger partial charge in [-0.3, -0.25) is 4.79 Å². The fourth-order valence-electron chi connectivity index (χ4n) is 1.46. The lowest BCUT2D eigenvalue weighted by Crippen LogP contribution is -2.40. The second-order valence-electron chi connectivity index (χ2n) is 4.61. The highest BCUT2D eigenvalue weighted by molar-refractivity contribution is 6.02. The van der Waals surface area contributed by atoms with E-state index in [4.69, 9.17) is 10.8 Å². The minimum absolute atomic E-state index is 0.0104. The molecule has 5 nitrogen and oxygen atoms in total. The molecule has 98 valence electrons. The third-order valence-electron chi connectivity index (χ3n) is 2.68. The van der Waals surface area contributed by atoms with Crippen molar-refractivity contribution >= 4 is 17.6 Å². The number of carboxylic acids is 1. The topological polar surface area (TPSA) is 92.4 Å². The molecule has 0 aliphatic carbocycles. The first-order chi connectivity index (χ1) is 8.32. The second kappa shape index (κ2) is 5.64. The standard InChI is InChI=1S/C13H18N2O3/c1-7(2)11(14)12(16)15-10-5-4-8(3)6-9(10)13(17)18/h4-7,11H,14H2,1-3H3,(H,15,16)(H,17,18)/t11-/m1/s1. The first kappa shape index (κ1) is 14.2. The highest BCUT2D eigenvalue weighted by atomic mass is 16.4. The SMILES string of the molecule is Cc1ccc(NC(=O)[C@H](N)C(C)C)c(C(=O)O)c1. The van der Waals surface area contributed by atoms with Crippen molar-refractivity contribution in [2.24, 2.45) is 11.7 Å². The Labute approximate surface area is 106 Å². The van der Waals surface area contributed by atoms with Crippen molar-refractivity contribution in [2.75, 3.05) is 5.32 Å². The van der Waals surface area contributed by atoms with Crippen LogP contribution in [0.5, 0.6) is 0 Å². The number of hydrogen-bond donors (Lipinski definition) is 3.